The molecule has 0 saturated carbocycles. The average Bonchev–Trinajstić information content (AvgIpc) is 2.98. The van der Waals surface area contributed by atoms with E-state index in [2.05, 4.69) is 0 Å². The highest BCUT2D eigenvalue weighted by Crippen LogP contribution is 2.30. The first kappa shape index (κ1) is 20.6. The highest BCUT2D eigenvalue weighted by molar-refractivity contribution is 6.24. The Balaban J connectivity index is 1.69. The fourth-order valence-corrected chi connectivity index (χ4v) is 3.02. The lowest BCUT2D eigenvalue weighted by atomic mass is 10.1. The molecular weight excluding hydrogens is 396 g/mol. The molecule has 154 valence electrons. The summed E-state index contributed by atoms with van der Waals surface area (Å²) in [5.74, 6) is -2.74. The van der Waals surface area contributed by atoms with E-state index in [0.717, 1.165) is 6.07 Å². The predicted molar refractivity (Wildman–Crippen MR) is 101 cm³/mol. The van der Waals surface area contributed by atoms with Gasteiger partial charge >= 0.3 is 5.97 Å². The Morgan fingerprint density at radius 1 is 1.10 bits per heavy atom. The number of nitro benzene ring substituents is 1. The summed E-state index contributed by atoms with van der Waals surface area (Å²) in [6, 6.07) is 9.81. The number of ether oxygens (including phenoxy) is 2. The van der Waals surface area contributed by atoms with Gasteiger partial charge in [0.1, 0.15) is 17.9 Å². The van der Waals surface area contributed by atoms with Gasteiger partial charge in [-0.3, -0.25) is 34.2 Å². The minimum atomic E-state index is -1.17. The van der Waals surface area contributed by atoms with Gasteiger partial charge in [-0.25, -0.2) is 0 Å². The van der Waals surface area contributed by atoms with Crippen LogP contribution in [0, 0.1) is 10.1 Å². The smallest absolute Gasteiger partial charge is 0.326 e. The van der Waals surface area contributed by atoms with E-state index < -0.39 is 46.8 Å². The van der Waals surface area contributed by atoms with Crippen molar-refractivity contribution in [2.24, 2.45) is 0 Å². The van der Waals surface area contributed by atoms with Gasteiger partial charge in [-0.15, -0.1) is 0 Å². The largest absolute Gasteiger partial charge is 0.497 e. The molecule has 0 aliphatic carbocycles. The third-order valence-corrected chi connectivity index (χ3v) is 4.51. The van der Waals surface area contributed by atoms with Crippen LogP contribution in [0.4, 0.5) is 5.69 Å². The number of esters is 1. The first-order chi connectivity index (χ1) is 14.2. The van der Waals surface area contributed by atoms with Crippen LogP contribution >= 0.6 is 0 Å². The SMILES string of the molecule is COc1ccc(C(=O)[C@@H](C)OC(=O)CN2C(=O)c3cccc([N+](=O)[O-])c3C2=O)cc1. The number of Topliss-reactive ketones (excluding diaryl/α,β-unsaturated/α-hetero) is 1. The van der Waals surface area contributed by atoms with Crippen LogP contribution in [0.2, 0.25) is 0 Å². The van der Waals surface area contributed by atoms with Crippen molar-refractivity contribution in [1.29, 1.82) is 0 Å². The average molecular weight is 412 g/mol. The number of methoxy groups -OCH3 is 1. The number of carbonyl (C=O) groups is 4. The molecule has 0 aromatic heterocycles. The Bertz CT molecular complexity index is 1060. The molecule has 3 rings (SSSR count). The van der Waals surface area contributed by atoms with Crippen molar-refractivity contribution < 1.29 is 33.6 Å². The van der Waals surface area contributed by atoms with Crippen molar-refractivity contribution in [1.82, 2.24) is 4.90 Å². The van der Waals surface area contributed by atoms with E-state index in [1.54, 1.807) is 12.1 Å². The maximum absolute atomic E-state index is 12.5. The lowest BCUT2D eigenvalue weighted by molar-refractivity contribution is -0.385. The molecule has 10 nitrogen and oxygen atoms in total. The molecule has 1 heterocycles. The van der Waals surface area contributed by atoms with Crippen molar-refractivity contribution in [2.75, 3.05) is 13.7 Å². The summed E-state index contributed by atoms with van der Waals surface area (Å²) >= 11 is 0. The van der Waals surface area contributed by atoms with Gasteiger partial charge in [0.05, 0.1) is 17.6 Å². The standard InChI is InChI=1S/C20H16N2O8/c1-11(18(24)12-6-8-13(29-2)9-7-12)30-16(23)10-21-19(25)14-4-3-5-15(22(27)28)17(14)20(21)26/h3-9,11H,10H2,1-2H3/t11-/m1/s1. The van der Waals surface area contributed by atoms with E-state index in [1.165, 1.54) is 38.3 Å². The summed E-state index contributed by atoms with van der Waals surface area (Å²) in [4.78, 5) is 60.4. The van der Waals surface area contributed by atoms with Crippen LogP contribution in [0.1, 0.15) is 38.0 Å². The minimum Gasteiger partial charge on any atom is -0.497 e. The molecule has 2 aromatic rings. The summed E-state index contributed by atoms with van der Waals surface area (Å²) < 4.78 is 10.1. The summed E-state index contributed by atoms with van der Waals surface area (Å²) in [6.45, 7) is 0.585. The van der Waals surface area contributed by atoms with E-state index in [0.29, 0.717) is 10.6 Å². The van der Waals surface area contributed by atoms with Gasteiger partial charge in [0.2, 0.25) is 5.78 Å². The third-order valence-electron chi connectivity index (χ3n) is 4.51. The van der Waals surface area contributed by atoms with Crippen molar-refractivity contribution in [3.05, 3.63) is 69.3 Å². The normalized spacial score (nSPS) is 13.6. The highest BCUT2D eigenvalue weighted by Gasteiger charge is 2.42. The third kappa shape index (κ3) is 3.75. The lowest BCUT2D eigenvalue weighted by Gasteiger charge is -2.16. The second-order valence-corrected chi connectivity index (χ2v) is 6.38. The first-order valence-corrected chi connectivity index (χ1v) is 8.76. The number of rotatable bonds is 7. The Labute approximate surface area is 170 Å². The van der Waals surface area contributed by atoms with Crippen LogP contribution in [0.25, 0.3) is 0 Å². The second-order valence-electron chi connectivity index (χ2n) is 6.38. The van der Waals surface area contributed by atoms with Gasteiger partial charge < -0.3 is 9.47 Å². The van der Waals surface area contributed by atoms with Gasteiger partial charge in [0.15, 0.2) is 6.10 Å². The molecule has 0 N–H and O–H groups in total. The zero-order valence-corrected chi connectivity index (χ0v) is 16.0. The van der Waals surface area contributed by atoms with E-state index >= 15 is 0 Å². The van der Waals surface area contributed by atoms with Crippen LogP contribution in [-0.4, -0.2) is 53.1 Å². The highest BCUT2D eigenvalue weighted by atomic mass is 16.6. The topological polar surface area (TPSA) is 133 Å². The maximum atomic E-state index is 12.5. The summed E-state index contributed by atoms with van der Waals surface area (Å²) in [6.07, 6.45) is -1.17. The fraction of sp³-hybridized carbons (Fsp3) is 0.200. The zero-order valence-electron chi connectivity index (χ0n) is 16.0. The van der Waals surface area contributed by atoms with E-state index in [-0.39, 0.29) is 16.7 Å². The lowest BCUT2D eigenvalue weighted by Crippen LogP contribution is -2.37. The number of ketones is 1. The molecule has 1 aliphatic rings. The number of benzene rings is 2. The Hall–Kier alpha value is -4.08. The Morgan fingerprint density at radius 2 is 1.77 bits per heavy atom. The van der Waals surface area contributed by atoms with Crippen LogP contribution in [0.3, 0.4) is 0 Å². The second kappa shape index (κ2) is 8.11. The molecule has 2 aromatic carbocycles. The summed E-state index contributed by atoms with van der Waals surface area (Å²) in [5.41, 5.74) is -0.774. The van der Waals surface area contributed by atoms with Crippen molar-refractivity contribution in [3.8, 4) is 5.75 Å². The van der Waals surface area contributed by atoms with E-state index in [1.807, 2.05) is 0 Å². The van der Waals surface area contributed by atoms with Crippen LogP contribution in [-0.2, 0) is 9.53 Å². The molecule has 2 amide bonds. The van der Waals surface area contributed by atoms with Crippen LogP contribution in [0.15, 0.2) is 42.5 Å². The van der Waals surface area contributed by atoms with Crippen molar-refractivity contribution >= 4 is 29.3 Å². The minimum absolute atomic E-state index is 0.163. The van der Waals surface area contributed by atoms with Gasteiger partial charge in [-0.1, -0.05) is 6.07 Å². The number of hydrogen-bond donors (Lipinski definition) is 0. The van der Waals surface area contributed by atoms with Crippen LogP contribution < -0.4 is 4.74 Å². The van der Waals surface area contributed by atoms with Crippen molar-refractivity contribution in [3.63, 3.8) is 0 Å². The van der Waals surface area contributed by atoms with E-state index in [4.69, 9.17) is 9.47 Å². The zero-order chi connectivity index (χ0) is 22.0. The number of amides is 2. The first-order valence-electron chi connectivity index (χ1n) is 8.76. The van der Waals surface area contributed by atoms with Gasteiger partial charge in [-0.2, -0.15) is 0 Å². The quantitative estimate of drug-likeness (QED) is 0.222. The maximum Gasteiger partial charge on any atom is 0.326 e. The number of carbonyl (C=O) groups excluding carboxylic acids is 4. The summed E-state index contributed by atoms with van der Waals surface area (Å²) in [7, 11) is 1.48. The van der Waals surface area contributed by atoms with E-state index in [9.17, 15) is 29.3 Å². The number of nitro groups is 1. The number of nitrogens with zero attached hydrogens (tertiary/aromatic N) is 2. The molecule has 0 bridgehead atoms. The molecular formula is C20H16N2O8. The Morgan fingerprint density at radius 3 is 2.37 bits per heavy atom. The van der Waals surface area contributed by atoms with Gasteiger partial charge in [0.25, 0.3) is 17.5 Å². The molecule has 0 unspecified atom stereocenters. The molecule has 30 heavy (non-hydrogen) atoms. The molecule has 0 fully saturated rings. The van der Waals surface area contributed by atoms with Gasteiger partial charge in [0, 0.05) is 11.6 Å². The number of hydrogen-bond acceptors (Lipinski definition) is 8. The fourth-order valence-electron chi connectivity index (χ4n) is 3.02. The predicted octanol–water partition coefficient (Wildman–Crippen LogP) is 2.01. The Kier molecular flexibility index (Phi) is 5.58. The monoisotopic (exact) mass is 412 g/mol. The molecule has 0 saturated heterocycles. The number of imide groups is 1. The summed E-state index contributed by atoms with van der Waals surface area (Å²) in [5, 5.41) is 11.1. The van der Waals surface area contributed by atoms with Crippen molar-refractivity contribution in [2.45, 2.75) is 13.0 Å². The molecule has 10 heteroatoms. The molecule has 1 atom stereocenters. The molecule has 0 spiro atoms. The molecule has 0 radical (unpaired) electrons. The number of fused-ring (bicyclic) bond motifs is 1. The van der Waals surface area contributed by atoms with Crippen LogP contribution in [0.5, 0.6) is 5.75 Å². The molecule has 1 aliphatic heterocycles. The van der Waals surface area contributed by atoms with Gasteiger partial charge in [-0.05, 0) is 37.3 Å².